The second-order valence-corrected chi connectivity index (χ2v) is 7.09. The first-order valence-electron chi connectivity index (χ1n) is 6.97. The molecule has 3 aromatic rings. The van der Waals surface area contributed by atoms with E-state index in [1.165, 1.54) is 4.70 Å². The Kier molecular flexibility index (Phi) is 3.64. The molecular formula is C17H18N2OS. The van der Waals surface area contributed by atoms with Gasteiger partial charge in [0.05, 0.1) is 10.2 Å². The lowest BCUT2D eigenvalue weighted by molar-refractivity contribution is 0.291. The molecule has 4 heteroatoms. The third kappa shape index (κ3) is 3.22. The van der Waals surface area contributed by atoms with E-state index in [2.05, 4.69) is 36.8 Å². The van der Waals surface area contributed by atoms with E-state index in [0.717, 1.165) is 16.2 Å². The number of rotatable bonds is 3. The zero-order valence-electron chi connectivity index (χ0n) is 12.5. The van der Waals surface area contributed by atoms with Gasteiger partial charge in [-0.3, -0.25) is 0 Å². The van der Waals surface area contributed by atoms with Crippen LogP contribution in [-0.4, -0.2) is 9.97 Å². The van der Waals surface area contributed by atoms with Gasteiger partial charge >= 0.3 is 0 Å². The zero-order valence-corrected chi connectivity index (χ0v) is 13.3. The van der Waals surface area contributed by atoms with Crippen LogP contribution in [0.5, 0.6) is 5.88 Å². The van der Waals surface area contributed by atoms with Crippen molar-refractivity contribution >= 4 is 21.6 Å². The summed E-state index contributed by atoms with van der Waals surface area (Å²) < 4.78 is 6.98. The van der Waals surface area contributed by atoms with Crippen LogP contribution in [0.3, 0.4) is 0 Å². The van der Waals surface area contributed by atoms with Gasteiger partial charge in [-0.1, -0.05) is 39.0 Å². The van der Waals surface area contributed by atoms with Crippen molar-refractivity contribution in [3.8, 4) is 5.88 Å². The van der Waals surface area contributed by atoms with Crippen molar-refractivity contribution in [1.82, 2.24) is 9.97 Å². The predicted octanol–water partition coefficient (Wildman–Crippen LogP) is 4.57. The van der Waals surface area contributed by atoms with Crippen molar-refractivity contribution in [2.75, 3.05) is 0 Å². The molecule has 0 spiro atoms. The van der Waals surface area contributed by atoms with Crippen LogP contribution < -0.4 is 4.74 Å². The second-order valence-electron chi connectivity index (χ2n) is 5.98. The van der Waals surface area contributed by atoms with Gasteiger partial charge in [0, 0.05) is 17.2 Å². The molecule has 2 aromatic heterocycles. The average molecular weight is 298 g/mol. The second kappa shape index (κ2) is 5.45. The van der Waals surface area contributed by atoms with E-state index in [4.69, 9.17) is 4.74 Å². The van der Waals surface area contributed by atoms with Crippen LogP contribution in [0.15, 0.2) is 42.5 Å². The van der Waals surface area contributed by atoms with Gasteiger partial charge in [-0.15, -0.1) is 11.3 Å². The Morgan fingerprint density at radius 1 is 1.00 bits per heavy atom. The number of fused-ring (bicyclic) bond motifs is 1. The molecule has 0 aliphatic rings. The molecule has 1 aromatic carbocycles. The number of hydrogen-bond acceptors (Lipinski definition) is 4. The van der Waals surface area contributed by atoms with Crippen LogP contribution in [0.4, 0.5) is 0 Å². The summed E-state index contributed by atoms with van der Waals surface area (Å²) >= 11 is 1.66. The number of aromatic nitrogens is 2. The highest BCUT2D eigenvalue weighted by molar-refractivity contribution is 7.18. The number of hydrogen-bond donors (Lipinski definition) is 0. The summed E-state index contributed by atoms with van der Waals surface area (Å²) in [5.74, 6) is 0.654. The number of benzene rings is 1. The smallest absolute Gasteiger partial charge is 0.213 e. The Hall–Kier alpha value is -1.94. The average Bonchev–Trinajstić information content (AvgIpc) is 2.87. The minimum atomic E-state index is 0.0230. The lowest BCUT2D eigenvalue weighted by Gasteiger charge is -2.18. The molecule has 0 aliphatic heterocycles. The molecule has 2 heterocycles. The third-order valence-corrected chi connectivity index (χ3v) is 4.18. The van der Waals surface area contributed by atoms with Crippen molar-refractivity contribution in [3.05, 3.63) is 53.2 Å². The van der Waals surface area contributed by atoms with Gasteiger partial charge in [-0.2, -0.15) is 0 Å². The summed E-state index contributed by atoms with van der Waals surface area (Å²) in [6, 6.07) is 14.0. The molecule has 21 heavy (non-hydrogen) atoms. The van der Waals surface area contributed by atoms with Crippen molar-refractivity contribution in [2.24, 2.45) is 0 Å². The quantitative estimate of drug-likeness (QED) is 0.710. The van der Waals surface area contributed by atoms with Gasteiger partial charge < -0.3 is 4.74 Å². The van der Waals surface area contributed by atoms with E-state index in [9.17, 15) is 0 Å². The number of pyridine rings is 1. The predicted molar refractivity (Wildman–Crippen MR) is 86.9 cm³/mol. The highest BCUT2D eigenvalue weighted by atomic mass is 32.1. The third-order valence-electron chi connectivity index (χ3n) is 3.17. The van der Waals surface area contributed by atoms with Crippen LogP contribution >= 0.6 is 11.3 Å². The highest BCUT2D eigenvalue weighted by Gasteiger charge is 2.15. The molecule has 0 bridgehead atoms. The molecule has 0 atom stereocenters. The Morgan fingerprint density at radius 2 is 1.81 bits per heavy atom. The molecule has 0 aliphatic carbocycles. The van der Waals surface area contributed by atoms with Crippen molar-refractivity contribution in [1.29, 1.82) is 0 Å². The maximum atomic E-state index is 5.79. The normalized spacial score (nSPS) is 11.8. The molecule has 0 saturated heterocycles. The van der Waals surface area contributed by atoms with E-state index >= 15 is 0 Å². The monoisotopic (exact) mass is 298 g/mol. The summed E-state index contributed by atoms with van der Waals surface area (Å²) in [6.07, 6.45) is 0. The number of ether oxygens (including phenoxy) is 1. The fraction of sp³-hybridized carbons (Fsp3) is 0.294. The molecule has 0 amide bonds. The topological polar surface area (TPSA) is 35.0 Å². The van der Waals surface area contributed by atoms with Crippen LogP contribution in [0.2, 0.25) is 0 Å². The summed E-state index contributed by atoms with van der Waals surface area (Å²) in [5, 5.41) is 0.971. The van der Waals surface area contributed by atoms with Gasteiger partial charge in [0.15, 0.2) is 0 Å². The van der Waals surface area contributed by atoms with Crippen molar-refractivity contribution in [3.63, 3.8) is 0 Å². The molecule has 108 valence electrons. The Labute approximate surface area is 128 Å². The van der Waals surface area contributed by atoms with E-state index in [1.807, 2.05) is 36.4 Å². The summed E-state index contributed by atoms with van der Waals surface area (Å²) in [4.78, 5) is 9.13. The number of thiazole rings is 1. The van der Waals surface area contributed by atoms with E-state index in [0.29, 0.717) is 12.5 Å². The SMILES string of the molecule is CC(C)(C)c1cccc(OCc2nc3ccccc3s2)n1. The molecule has 0 fully saturated rings. The lowest BCUT2D eigenvalue weighted by Crippen LogP contribution is -2.13. The summed E-state index contributed by atoms with van der Waals surface area (Å²) in [5.41, 5.74) is 2.08. The molecule has 3 rings (SSSR count). The van der Waals surface area contributed by atoms with Gasteiger partial charge in [-0.25, -0.2) is 9.97 Å². The van der Waals surface area contributed by atoms with Crippen LogP contribution in [0.1, 0.15) is 31.5 Å². The van der Waals surface area contributed by atoms with Gasteiger partial charge in [0.2, 0.25) is 5.88 Å². The Morgan fingerprint density at radius 3 is 2.57 bits per heavy atom. The van der Waals surface area contributed by atoms with E-state index in [-0.39, 0.29) is 5.41 Å². The molecule has 0 N–H and O–H groups in total. The fourth-order valence-electron chi connectivity index (χ4n) is 2.03. The largest absolute Gasteiger partial charge is 0.470 e. The number of nitrogens with zero attached hydrogens (tertiary/aromatic N) is 2. The summed E-state index contributed by atoms with van der Waals surface area (Å²) in [7, 11) is 0. The first kappa shape index (κ1) is 14.0. The molecule has 0 saturated carbocycles. The first-order chi connectivity index (χ1) is 10.0. The van der Waals surface area contributed by atoms with Crippen LogP contribution in [-0.2, 0) is 12.0 Å². The van der Waals surface area contributed by atoms with E-state index < -0.39 is 0 Å². The van der Waals surface area contributed by atoms with Gasteiger partial charge in [0.1, 0.15) is 11.6 Å². The standard InChI is InChI=1S/C17H18N2OS/c1-17(2,3)14-9-6-10-15(19-14)20-11-16-18-12-7-4-5-8-13(12)21-16/h4-10H,11H2,1-3H3. The Bertz CT molecular complexity index is 726. The fourth-order valence-corrected chi connectivity index (χ4v) is 2.91. The number of para-hydroxylation sites is 1. The van der Waals surface area contributed by atoms with E-state index in [1.54, 1.807) is 11.3 Å². The minimum Gasteiger partial charge on any atom is -0.470 e. The minimum absolute atomic E-state index is 0.0230. The van der Waals surface area contributed by atoms with Gasteiger partial charge in [0.25, 0.3) is 0 Å². The van der Waals surface area contributed by atoms with Crippen molar-refractivity contribution in [2.45, 2.75) is 32.8 Å². The maximum absolute atomic E-state index is 5.79. The molecule has 3 nitrogen and oxygen atoms in total. The molecule has 0 radical (unpaired) electrons. The molecular weight excluding hydrogens is 280 g/mol. The highest BCUT2D eigenvalue weighted by Crippen LogP contribution is 2.24. The maximum Gasteiger partial charge on any atom is 0.213 e. The zero-order chi connectivity index (χ0) is 14.9. The van der Waals surface area contributed by atoms with Crippen LogP contribution in [0, 0.1) is 0 Å². The van der Waals surface area contributed by atoms with Gasteiger partial charge in [-0.05, 0) is 18.2 Å². The molecule has 0 unspecified atom stereocenters. The Balaban J connectivity index is 1.75. The van der Waals surface area contributed by atoms with Crippen molar-refractivity contribution < 1.29 is 4.74 Å². The summed E-state index contributed by atoms with van der Waals surface area (Å²) in [6.45, 7) is 6.89. The van der Waals surface area contributed by atoms with Crippen LogP contribution in [0.25, 0.3) is 10.2 Å². The first-order valence-corrected chi connectivity index (χ1v) is 7.79. The lowest BCUT2D eigenvalue weighted by atomic mass is 9.92.